The molecule has 1 aliphatic heterocycles. The van der Waals surface area contributed by atoms with Crippen LogP contribution in [0.1, 0.15) is 47.6 Å². The third-order valence-electron chi connectivity index (χ3n) is 7.16. The number of benzene rings is 3. The van der Waals surface area contributed by atoms with E-state index in [0.29, 0.717) is 6.54 Å². The topological polar surface area (TPSA) is 68.4 Å². The van der Waals surface area contributed by atoms with Crippen molar-refractivity contribution in [3.8, 4) is 0 Å². The molecule has 0 aliphatic carbocycles. The van der Waals surface area contributed by atoms with E-state index in [9.17, 15) is 9.59 Å². The molecule has 0 saturated heterocycles. The Kier molecular flexibility index (Phi) is 6.82. The number of carbonyl (C=O) groups excluding carboxylic acids is 2. The van der Waals surface area contributed by atoms with E-state index in [1.54, 1.807) is 11.1 Å². The number of H-pyrrole nitrogens is 1. The number of rotatable bonds is 7. The molecule has 4 aromatic rings. The van der Waals surface area contributed by atoms with Gasteiger partial charge in [0.05, 0.1) is 12.5 Å². The van der Waals surface area contributed by atoms with Gasteiger partial charge in [-0.25, -0.2) is 0 Å². The van der Waals surface area contributed by atoms with Gasteiger partial charge in [-0.1, -0.05) is 54.6 Å². The number of nitrogens with one attached hydrogen (secondary N) is 2. The largest absolute Gasteiger partial charge is 0.378 e. The fraction of sp³-hybridized carbons (Fsp3) is 0.226. The zero-order chi connectivity index (χ0) is 25.9. The molecule has 2 heterocycles. The van der Waals surface area contributed by atoms with Crippen LogP contribution in [-0.2, 0) is 9.59 Å². The summed E-state index contributed by atoms with van der Waals surface area (Å²) in [6, 6.07) is 24.3. The van der Waals surface area contributed by atoms with Gasteiger partial charge in [0.15, 0.2) is 0 Å². The SMILES string of the molecule is CC(=O)N1C=Cc2ccccc2[C@@H]1CC(=O)NC[C@H](c1ccc(N(C)C)cc1)c1c[nH]c2ccccc12. The van der Waals surface area contributed by atoms with Gasteiger partial charge in [0.2, 0.25) is 11.8 Å². The molecule has 3 aromatic carbocycles. The lowest BCUT2D eigenvalue weighted by Crippen LogP contribution is -2.36. The summed E-state index contributed by atoms with van der Waals surface area (Å²) in [5.41, 5.74) is 6.50. The Morgan fingerprint density at radius 3 is 2.49 bits per heavy atom. The van der Waals surface area contributed by atoms with Crippen LogP contribution in [0.4, 0.5) is 5.69 Å². The van der Waals surface area contributed by atoms with Gasteiger partial charge >= 0.3 is 0 Å². The average molecular weight is 493 g/mol. The van der Waals surface area contributed by atoms with E-state index in [0.717, 1.165) is 38.8 Å². The Labute approximate surface area is 217 Å². The minimum absolute atomic E-state index is 0.0289. The molecule has 0 bridgehead atoms. The second kappa shape index (κ2) is 10.3. The number of hydrogen-bond donors (Lipinski definition) is 2. The van der Waals surface area contributed by atoms with E-state index in [4.69, 9.17) is 0 Å². The second-order valence-corrected chi connectivity index (χ2v) is 9.72. The molecule has 0 saturated carbocycles. The van der Waals surface area contributed by atoms with Crippen LogP contribution < -0.4 is 10.2 Å². The molecular weight excluding hydrogens is 460 g/mol. The number of aromatic amines is 1. The van der Waals surface area contributed by atoms with Crippen LogP contribution in [0.25, 0.3) is 17.0 Å². The van der Waals surface area contributed by atoms with Crippen LogP contribution in [0.3, 0.4) is 0 Å². The van der Waals surface area contributed by atoms with Crippen molar-refractivity contribution in [3.05, 3.63) is 107 Å². The minimum atomic E-state index is -0.329. The highest BCUT2D eigenvalue weighted by Crippen LogP contribution is 2.34. The maximum atomic E-state index is 13.3. The van der Waals surface area contributed by atoms with Crippen LogP contribution >= 0.6 is 0 Å². The highest BCUT2D eigenvalue weighted by Gasteiger charge is 2.28. The molecule has 6 heteroatoms. The monoisotopic (exact) mass is 492 g/mol. The molecular formula is C31H32N4O2. The summed E-state index contributed by atoms with van der Waals surface area (Å²) in [4.78, 5) is 32.8. The van der Waals surface area contributed by atoms with Crippen LogP contribution in [0.2, 0.25) is 0 Å². The molecule has 188 valence electrons. The molecule has 2 N–H and O–H groups in total. The van der Waals surface area contributed by atoms with Crippen LogP contribution in [0, 0.1) is 0 Å². The predicted octanol–water partition coefficient (Wildman–Crippen LogP) is 5.45. The van der Waals surface area contributed by atoms with E-state index in [-0.39, 0.29) is 30.2 Å². The summed E-state index contributed by atoms with van der Waals surface area (Å²) < 4.78 is 0. The zero-order valence-electron chi connectivity index (χ0n) is 21.4. The lowest BCUT2D eigenvalue weighted by atomic mass is 9.90. The van der Waals surface area contributed by atoms with Gasteiger partial charge in [0.1, 0.15) is 0 Å². The number of amides is 2. The van der Waals surface area contributed by atoms with E-state index in [1.807, 2.05) is 62.8 Å². The maximum Gasteiger partial charge on any atom is 0.223 e. The first kappa shape index (κ1) is 24.4. The van der Waals surface area contributed by atoms with E-state index in [2.05, 4.69) is 51.6 Å². The van der Waals surface area contributed by atoms with E-state index < -0.39 is 0 Å². The van der Waals surface area contributed by atoms with Crippen molar-refractivity contribution in [2.45, 2.75) is 25.3 Å². The lowest BCUT2D eigenvalue weighted by Gasteiger charge is -2.32. The molecule has 5 rings (SSSR count). The molecule has 2 amide bonds. The van der Waals surface area contributed by atoms with Gasteiger partial charge in [-0.2, -0.15) is 0 Å². The first-order valence-corrected chi connectivity index (χ1v) is 12.6. The summed E-state index contributed by atoms with van der Waals surface area (Å²) in [6.07, 6.45) is 5.95. The highest BCUT2D eigenvalue weighted by molar-refractivity contribution is 5.85. The molecule has 2 atom stereocenters. The number of aromatic nitrogens is 1. The predicted molar refractivity (Wildman–Crippen MR) is 149 cm³/mol. The molecule has 0 fully saturated rings. The first-order valence-electron chi connectivity index (χ1n) is 12.6. The van der Waals surface area contributed by atoms with Crippen LogP contribution in [-0.4, -0.2) is 42.3 Å². The van der Waals surface area contributed by atoms with Crippen molar-refractivity contribution in [1.29, 1.82) is 0 Å². The zero-order valence-corrected chi connectivity index (χ0v) is 21.4. The lowest BCUT2D eigenvalue weighted by molar-refractivity contribution is -0.129. The molecule has 0 unspecified atom stereocenters. The van der Waals surface area contributed by atoms with E-state index in [1.165, 1.54) is 6.92 Å². The van der Waals surface area contributed by atoms with Crippen LogP contribution in [0.15, 0.2) is 85.2 Å². The molecule has 0 radical (unpaired) electrons. The maximum absolute atomic E-state index is 13.3. The van der Waals surface area contributed by atoms with E-state index >= 15 is 0 Å². The number of nitrogens with zero attached hydrogens (tertiary/aromatic N) is 2. The van der Waals surface area contributed by atoms with Gasteiger partial charge in [-0.05, 0) is 46.5 Å². The van der Waals surface area contributed by atoms with Crippen molar-refractivity contribution >= 4 is 34.5 Å². The van der Waals surface area contributed by atoms with Gasteiger partial charge in [-0.15, -0.1) is 0 Å². The third-order valence-corrected chi connectivity index (χ3v) is 7.16. The summed E-state index contributed by atoms with van der Waals surface area (Å²) in [5.74, 6) is -0.198. The third kappa shape index (κ3) is 5.00. The van der Waals surface area contributed by atoms with Crippen molar-refractivity contribution in [3.63, 3.8) is 0 Å². The summed E-state index contributed by atoms with van der Waals surface area (Å²) in [5, 5.41) is 4.33. The second-order valence-electron chi connectivity index (χ2n) is 9.72. The van der Waals surface area contributed by atoms with Crippen molar-refractivity contribution in [2.75, 3.05) is 25.5 Å². The standard InChI is InChI=1S/C31H32N4O2/c1-21(36)35-17-16-22-8-4-5-9-25(22)30(35)18-31(37)33-19-27(23-12-14-24(15-13-23)34(2)3)28-20-32-29-11-7-6-10-26(28)29/h4-17,20,27,30,32H,18-19H2,1-3H3,(H,33,37)/t27-,30+/m1/s1. The Hall–Kier alpha value is -4.32. The Morgan fingerprint density at radius 2 is 1.73 bits per heavy atom. The van der Waals surface area contributed by atoms with Crippen LogP contribution in [0.5, 0.6) is 0 Å². The normalized spacial score (nSPS) is 15.3. The molecule has 37 heavy (non-hydrogen) atoms. The Morgan fingerprint density at radius 1 is 1.00 bits per heavy atom. The van der Waals surface area contributed by atoms with Gasteiger partial charge in [-0.3, -0.25) is 9.59 Å². The summed E-state index contributed by atoms with van der Waals surface area (Å²) >= 11 is 0. The molecule has 1 aromatic heterocycles. The van der Waals surface area contributed by atoms with Gasteiger partial charge < -0.3 is 20.1 Å². The fourth-order valence-electron chi connectivity index (χ4n) is 5.17. The summed E-state index contributed by atoms with van der Waals surface area (Å²) in [7, 11) is 4.05. The van der Waals surface area contributed by atoms with Gasteiger partial charge in [0, 0.05) is 62.5 Å². The molecule has 1 aliphatic rings. The average Bonchev–Trinajstić information content (AvgIpc) is 3.33. The smallest absolute Gasteiger partial charge is 0.223 e. The van der Waals surface area contributed by atoms with Crippen molar-refractivity contribution in [1.82, 2.24) is 15.2 Å². The Bertz CT molecular complexity index is 1450. The Balaban J connectivity index is 1.40. The summed E-state index contributed by atoms with van der Waals surface area (Å²) in [6.45, 7) is 1.99. The number of carbonyl (C=O) groups is 2. The first-order chi connectivity index (χ1) is 17.9. The fourth-order valence-corrected chi connectivity index (χ4v) is 5.17. The molecule has 0 spiro atoms. The van der Waals surface area contributed by atoms with Crippen molar-refractivity contribution in [2.24, 2.45) is 0 Å². The highest BCUT2D eigenvalue weighted by atomic mass is 16.2. The number of para-hydroxylation sites is 1. The molecule has 6 nitrogen and oxygen atoms in total. The number of fused-ring (bicyclic) bond motifs is 2. The number of anilines is 1. The van der Waals surface area contributed by atoms with Crippen molar-refractivity contribution < 1.29 is 9.59 Å². The number of hydrogen-bond acceptors (Lipinski definition) is 3. The van der Waals surface area contributed by atoms with Gasteiger partial charge in [0.25, 0.3) is 0 Å². The quantitative estimate of drug-likeness (QED) is 0.361. The minimum Gasteiger partial charge on any atom is -0.378 e.